The van der Waals surface area contributed by atoms with Gasteiger partial charge in [0.15, 0.2) is 0 Å². The summed E-state index contributed by atoms with van der Waals surface area (Å²) in [7, 11) is 0. The molecule has 1 heteroatoms. The number of hydrogen-bond acceptors (Lipinski definition) is 0. The van der Waals surface area contributed by atoms with Gasteiger partial charge in [-0.2, -0.15) is 0 Å². The molecule has 0 unspecified atom stereocenters. The van der Waals surface area contributed by atoms with Crippen LogP contribution < -0.4 is 0 Å². The van der Waals surface area contributed by atoms with Gasteiger partial charge in [-0.1, -0.05) is 0 Å². The maximum absolute atomic E-state index is 2.84. The van der Waals surface area contributed by atoms with Crippen LogP contribution in [0.5, 0.6) is 0 Å². The number of allylic oxidation sites excluding steroid dienone is 3. The molecule has 1 aromatic carbocycles. The molecule has 2 rings (SSSR count). The van der Waals surface area contributed by atoms with Crippen LogP contribution in [-0.4, -0.2) is 18.4 Å². The molecule has 1 fully saturated rings. The molecule has 0 aliphatic heterocycles. The van der Waals surface area contributed by atoms with E-state index in [9.17, 15) is 0 Å². The van der Waals surface area contributed by atoms with Crippen molar-refractivity contribution in [2.24, 2.45) is 0 Å². The van der Waals surface area contributed by atoms with Gasteiger partial charge in [-0.25, -0.2) is 0 Å². The van der Waals surface area contributed by atoms with Crippen LogP contribution in [0.25, 0.3) is 5.57 Å². The average molecular weight is 445 g/mol. The Morgan fingerprint density at radius 1 is 0.840 bits per heavy atom. The molecule has 0 amide bonds. The Hall–Kier alpha value is -0.501. The second kappa shape index (κ2) is 11.3. The topological polar surface area (TPSA) is 0 Å². The predicted molar refractivity (Wildman–Crippen MR) is 117 cm³/mol. The second-order valence-corrected chi connectivity index (χ2v) is 20.9. The van der Waals surface area contributed by atoms with Crippen molar-refractivity contribution in [2.75, 3.05) is 0 Å². The van der Waals surface area contributed by atoms with Crippen LogP contribution in [0.15, 0.2) is 46.1 Å². The van der Waals surface area contributed by atoms with Crippen LogP contribution >= 0.6 is 0 Å². The molecule has 1 aliphatic carbocycles. The van der Waals surface area contributed by atoms with E-state index in [-0.39, 0.29) is 0 Å². The van der Waals surface area contributed by atoms with Crippen LogP contribution in [0.4, 0.5) is 0 Å². The van der Waals surface area contributed by atoms with Crippen LogP contribution in [-0.2, 0) is 0 Å². The Bertz CT molecular complexity index is 525. The normalized spacial score (nSPS) is 14.3. The first-order valence-electron chi connectivity index (χ1n) is 10.7. The third-order valence-electron chi connectivity index (χ3n) is 5.65. The van der Waals surface area contributed by atoms with Crippen molar-refractivity contribution in [3.63, 3.8) is 0 Å². The van der Waals surface area contributed by atoms with Crippen molar-refractivity contribution in [1.29, 1.82) is 0 Å². The molecule has 1 saturated carbocycles. The first-order valence-corrected chi connectivity index (χ1v) is 18.4. The first kappa shape index (κ1) is 20.8. The Morgan fingerprint density at radius 2 is 1.36 bits per heavy atom. The summed E-state index contributed by atoms with van der Waals surface area (Å²) >= 11 is -2.16. The third kappa shape index (κ3) is 6.96. The van der Waals surface area contributed by atoms with Crippen LogP contribution in [0.1, 0.15) is 77.7 Å². The van der Waals surface area contributed by atoms with Gasteiger partial charge in [0.2, 0.25) is 0 Å². The fourth-order valence-corrected chi connectivity index (χ4v) is 17.9. The summed E-state index contributed by atoms with van der Waals surface area (Å²) in [5, 5.41) is 0. The molecule has 0 N–H and O–H groups in total. The van der Waals surface area contributed by atoms with Crippen LogP contribution in [0.2, 0.25) is 13.3 Å². The van der Waals surface area contributed by atoms with Gasteiger partial charge < -0.3 is 0 Å². The fourth-order valence-electron chi connectivity index (χ4n) is 3.84. The molecule has 1 aliphatic rings. The number of hydrogen-bond donors (Lipinski definition) is 0. The van der Waals surface area contributed by atoms with Gasteiger partial charge in [-0.15, -0.1) is 0 Å². The van der Waals surface area contributed by atoms with Crippen molar-refractivity contribution >= 4 is 24.0 Å². The van der Waals surface area contributed by atoms with Gasteiger partial charge >= 0.3 is 161 Å². The van der Waals surface area contributed by atoms with Crippen molar-refractivity contribution in [3.8, 4) is 0 Å². The molecule has 0 aromatic heterocycles. The van der Waals surface area contributed by atoms with Gasteiger partial charge in [0.1, 0.15) is 0 Å². The van der Waals surface area contributed by atoms with E-state index in [4.69, 9.17) is 0 Å². The Kier molecular flexibility index (Phi) is 9.37. The number of rotatable bonds is 12. The maximum atomic E-state index is 2.84. The van der Waals surface area contributed by atoms with Crippen LogP contribution in [0, 0.1) is 0 Å². The third-order valence-corrected chi connectivity index (χ3v) is 19.7. The van der Waals surface area contributed by atoms with Crippen molar-refractivity contribution in [2.45, 2.75) is 85.4 Å². The van der Waals surface area contributed by atoms with Gasteiger partial charge in [0.25, 0.3) is 0 Å². The molecule has 0 bridgehead atoms. The number of benzene rings is 1. The standard InChI is InChI=1S/C12H11.3C4H9.Sn/c1-2-12(11-8-9-11)10-6-4-3-5-7-10;3*1-3-4-2;/h1-7H,8-9H2;3*1,3-4H2,2H3;. The van der Waals surface area contributed by atoms with Gasteiger partial charge in [-0.3, -0.25) is 0 Å². The summed E-state index contributed by atoms with van der Waals surface area (Å²) in [5.41, 5.74) is 4.68. The first-order chi connectivity index (χ1) is 12.2. The monoisotopic (exact) mass is 446 g/mol. The van der Waals surface area contributed by atoms with E-state index in [1.807, 2.05) is 0 Å². The van der Waals surface area contributed by atoms with Gasteiger partial charge in [0.05, 0.1) is 0 Å². The molecule has 0 heterocycles. The summed E-state index contributed by atoms with van der Waals surface area (Å²) in [5.74, 6) is 0. The minimum atomic E-state index is -2.16. The number of unbranched alkanes of at least 4 members (excludes halogenated alkanes) is 3. The molecular formula is C24H38Sn. The molecule has 25 heavy (non-hydrogen) atoms. The summed E-state index contributed by atoms with van der Waals surface area (Å²) in [6, 6.07) is 11.1. The quantitative estimate of drug-likeness (QED) is 0.285. The average Bonchev–Trinajstić information content (AvgIpc) is 3.48. The molecule has 0 radical (unpaired) electrons. The van der Waals surface area contributed by atoms with E-state index in [0.717, 1.165) is 0 Å². The second-order valence-electron chi connectivity index (χ2n) is 7.89. The zero-order chi connectivity index (χ0) is 18.0. The van der Waals surface area contributed by atoms with Gasteiger partial charge in [0, 0.05) is 0 Å². The summed E-state index contributed by atoms with van der Waals surface area (Å²) < 4.78 is 7.54. The Morgan fingerprint density at radius 3 is 1.80 bits per heavy atom. The summed E-state index contributed by atoms with van der Waals surface area (Å²) in [4.78, 5) is 0. The van der Waals surface area contributed by atoms with Crippen molar-refractivity contribution in [3.05, 3.63) is 51.6 Å². The Balaban J connectivity index is 2.25. The predicted octanol–water partition coefficient (Wildman–Crippen LogP) is 8.18. The summed E-state index contributed by atoms with van der Waals surface area (Å²) in [6.45, 7) is 7.09. The van der Waals surface area contributed by atoms with E-state index in [1.54, 1.807) is 24.5 Å². The van der Waals surface area contributed by atoms with E-state index >= 15 is 0 Å². The van der Waals surface area contributed by atoms with Crippen LogP contribution in [0.3, 0.4) is 0 Å². The zero-order valence-electron chi connectivity index (χ0n) is 16.8. The molecule has 0 atom stereocenters. The molecular weight excluding hydrogens is 407 g/mol. The summed E-state index contributed by atoms with van der Waals surface area (Å²) in [6.07, 6.45) is 13.6. The zero-order valence-corrected chi connectivity index (χ0v) is 19.7. The molecule has 0 saturated heterocycles. The van der Waals surface area contributed by atoms with E-state index in [0.29, 0.717) is 0 Å². The fraction of sp³-hybridized carbons (Fsp3) is 0.583. The molecule has 138 valence electrons. The Labute approximate surface area is 160 Å². The molecule has 0 spiro atoms. The minimum absolute atomic E-state index is 1.32. The van der Waals surface area contributed by atoms with E-state index in [1.165, 1.54) is 56.9 Å². The SMILES string of the molecule is CCC[CH2][Sn](/[CH]=C/C(=C1CC1)c1ccccc1)([CH2]CCC)[CH2]CCC. The van der Waals surface area contributed by atoms with E-state index < -0.39 is 18.4 Å². The van der Waals surface area contributed by atoms with Gasteiger partial charge in [-0.05, 0) is 0 Å². The van der Waals surface area contributed by atoms with Crippen molar-refractivity contribution < 1.29 is 0 Å². The van der Waals surface area contributed by atoms with Crippen molar-refractivity contribution in [1.82, 2.24) is 0 Å². The molecule has 1 aromatic rings. The van der Waals surface area contributed by atoms with E-state index in [2.05, 4.69) is 61.3 Å². The molecule has 0 nitrogen and oxygen atoms in total.